The van der Waals surface area contributed by atoms with E-state index in [-0.39, 0.29) is 18.9 Å². The molecule has 0 aliphatic heterocycles. The number of thiazole rings is 1. The summed E-state index contributed by atoms with van der Waals surface area (Å²) in [6, 6.07) is 15.1. The highest BCUT2D eigenvalue weighted by molar-refractivity contribution is 7.07. The molecule has 1 amide bonds. The molecule has 2 aromatic carbocycles. The van der Waals surface area contributed by atoms with Crippen LogP contribution in [0.15, 0.2) is 59.4 Å². The Hall–Kier alpha value is -3.19. The van der Waals surface area contributed by atoms with Crippen molar-refractivity contribution in [1.29, 1.82) is 0 Å². The number of aliphatic carboxylic acids is 1. The highest BCUT2D eigenvalue weighted by atomic mass is 32.1. The second-order valence-electron chi connectivity index (χ2n) is 6.95. The predicted molar refractivity (Wildman–Crippen MR) is 110 cm³/mol. The average Bonchev–Trinajstić information content (AvgIpc) is 3.36. The van der Waals surface area contributed by atoms with E-state index in [1.165, 1.54) is 18.4 Å². The molecule has 3 aromatic rings. The maximum atomic E-state index is 12.6. The Morgan fingerprint density at radius 3 is 2.31 bits per heavy atom. The van der Waals surface area contributed by atoms with Gasteiger partial charge in [-0.2, -0.15) is 0 Å². The monoisotopic (exact) mass is 408 g/mol. The van der Waals surface area contributed by atoms with Crippen molar-refractivity contribution in [1.82, 2.24) is 9.88 Å². The summed E-state index contributed by atoms with van der Waals surface area (Å²) in [5.74, 6) is -1.16. The van der Waals surface area contributed by atoms with E-state index in [1.54, 1.807) is 10.9 Å². The van der Waals surface area contributed by atoms with E-state index >= 15 is 0 Å². The van der Waals surface area contributed by atoms with Gasteiger partial charge in [-0.3, -0.25) is 4.90 Å². The minimum Gasteiger partial charge on any atom is -0.480 e. The number of carbonyl (C=O) groups is 2. The lowest BCUT2D eigenvalue weighted by molar-refractivity contribution is -0.142. The lowest BCUT2D eigenvalue weighted by atomic mass is 9.98. The van der Waals surface area contributed by atoms with E-state index in [2.05, 4.69) is 17.1 Å². The number of carboxylic acid groups (broad SMARTS) is 1. The van der Waals surface area contributed by atoms with Gasteiger partial charge in [0, 0.05) is 24.8 Å². The van der Waals surface area contributed by atoms with Crippen molar-refractivity contribution < 1.29 is 19.4 Å². The smallest absolute Gasteiger partial charge is 0.410 e. The van der Waals surface area contributed by atoms with Gasteiger partial charge in [-0.15, -0.1) is 11.3 Å². The van der Waals surface area contributed by atoms with Gasteiger partial charge in [-0.05, 0) is 22.3 Å². The van der Waals surface area contributed by atoms with E-state index < -0.39 is 18.1 Å². The van der Waals surface area contributed by atoms with Crippen molar-refractivity contribution in [2.45, 2.75) is 18.4 Å². The largest absolute Gasteiger partial charge is 0.480 e. The Kier molecular flexibility index (Phi) is 5.31. The number of rotatable bonds is 6. The molecular weight excluding hydrogens is 388 g/mol. The standard InChI is InChI=1S/C22H20N2O4S/c1-24(20(21(25)26)10-14-12-29-13-23-14)22(27)28-11-19-17-8-4-2-6-15(17)16-7-3-5-9-18(16)19/h2-9,12-13,19-20H,10-11H2,1H3,(H,25,26)/t20-/m1/s1. The van der Waals surface area contributed by atoms with Gasteiger partial charge in [0.15, 0.2) is 0 Å². The normalized spacial score (nSPS) is 13.4. The number of aromatic nitrogens is 1. The Balaban J connectivity index is 1.48. The molecule has 1 aliphatic rings. The molecule has 0 saturated heterocycles. The molecule has 0 bridgehead atoms. The molecule has 0 radical (unpaired) electrons. The summed E-state index contributed by atoms with van der Waals surface area (Å²) in [5, 5.41) is 11.3. The summed E-state index contributed by atoms with van der Waals surface area (Å²) in [7, 11) is 1.45. The topological polar surface area (TPSA) is 79.7 Å². The third-order valence-corrected chi connectivity index (χ3v) is 5.90. The van der Waals surface area contributed by atoms with Crippen molar-refractivity contribution in [2.75, 3.05) is 13.7 Å². The van der Waals surface area contributed by atoms with Gasteiger partial charge in [0.1, 0.15) is 12.6 Å². The lowest BCUT2D eigenvalue weighted by Gasteiger charge is -2.24. The molecular formula is C22H20N2O4S. The third-order valence-electron chi connectivity index (χ3n) is 5.26. The van der Waals surface area contributed by atoms with Gasteiger partial charge in [-0.1, -0.05) is 48.5 Å². The molecule has 148 valence electrons. The molecule has 7 heteroatoms. The fourth-order valence-electron chi connectivity index (χ4n) is 3.75. The van der Waals surface area contributed by atoms with Gasteiger partial charge >= 0.3 is 12.1 Å². The molecule has 1 heterocycles. The van der Waals surface area contributed by atoms with E-state index in [1.807, 2.05) is 36.4 Å². The quantitative estimate of drug-likeness (QED) is 0.666. The number of hydrogen-bond acceptors (Lipinski definition) is 5. The predicted octanol–water partition coefficient (Wildman–Crippen LogP) is 4.02. The van der Waals surface area contributed by atoms with Gasteiger partial charge < -0.3 is 9.84 Å². The maximum Gasteiger partial charge on any atom is 0.410 e. The van der Waals surface area contributed by atoms with Crippen molar-refractivity contribution in [2.24, 2.45) is 0 Å². The van der Waals surface area contributed by atoms with Crippen LogP contribution in [0, 0.1) is 0 Å². The number of nitrogens with zero attached hydrogens (tertiary/aromatic N) is 2. The molecule has 1 atom stereocenters. The summed E-state index contributed by atoms with van der Waals surface area (Å²) < 4.78 is 5.56. The average molecular weight is 408 g/mol. The van der Waals surface area contributed by atoms with Crippen LogP contribution in [0.2, 0.25) is 0 Å². The van der Waals surface area contributed by atoms with E-state index in [4.69, 9.17) is 4.74 Å². The molecule has 0 spiro atoms. The van der Waals surface area contributed by atoms with Crippen LogP contribution in [0.3, 0.4) is 0 Å². The van der Waals surface area contributed by atoms with Crippen LogP contribution in [-0.2, 0) is 16.0 Å². The highest BCUT2D eigenvalue weighted by Crippen LogP contribution is 2.44. The molecule has 0 saturated carbocycles. The van der Waals surface area contributed by atoms with Gasteiger partial charge in [0.2, 0.25) is 0 Å². The molecule has 1 N–H and O–H groups in total. The summed E-state index contributed by atoms with van der Waals surface area (Å²) in [6.07, 6.45) is -0.519. The minimum absolute atomic E-state index is 0.0680. The first-order valence-electron chi connectivity index (χ1n) is 9.24. The van der Waals surface area contributed by atoms with Crippen LogP contribution < -0.4 is 0 Å². The van der Waals surface area contributed by atoms with E-state index in [0.717, 1.165) is 27.2 Å². The summed E-state index contributed by atoms with van der Waals surface area (Å²) in [5.41, 5.74) is 6.79. The second-order valence-corrected chi connectivity index (χ2v) is 7.67. The molecule has 6 nitrogen and oxygen atoms in total. The Bertz CT molecular complexity index is 989. The molecule has 1 aliphatic carbocycles. The minimum atomic E-state index is -1.09. The summed E-state index contributed by atoms with van der Waals surface area (Å²) >= 11 is 1.39. The van der Waals surface area contributed by atoms with Gasteiger partial charge in [-0.25, -0.2) is 14.6 Å². The molecule has 0 fully saturated rings. The lowest BCUT2D eigenvalue weighted by Crippen LogP contribution is -2.44. The number of ether oxygens (including phenoxy) is 1. The van der Waals surface area contributed by atoms with Crippen molar-refractivity contribution >= 4 is 23.4 Å². The first kappa shape index (κ1) is 19.1. The van der Waals surface area contributed by atoms with Crippen LogP contribution in [0.1, 0.15) is 22.7 Å². The van der Waals surface area contributed by atoms with E-state index in [0.29, 0.717) is 5.69 Å². The number of fused-ring (bicyclic) bond motifs is 3. The number of benzene rings is 2. The number of carbonyl (C=O) groups excluding carboxylic acids is 1. The second kappa shape index (κ2) is 8.05. The Morgan fingerprint density at radius 1 is 1.14 bits per heavy atom. The first-order chi connectivity index (χ1) is 14.1. The van der Waals surface area contributed by atoms with Crippen LogP contribution >= 0.6 is 11.3 Å². The highest BCUT2D eigenvalue weighted by Gasteiger charge is 2.32. The zero-order chi connectivity index (χ0) is 20.4. The maximum absolute atomic E-state index is 12.6. The van der Waals surface area contributed by atoms with Crippen LogP contribution in [0.4, 0.5) is 4.79 Å². The van der Waals surface area contributed by atoms with Crippen LogP contribution in [0.25, 0.3) is 11.1 Å². The Labute approximate surface area is 172 Å². The summed E-state index contributed by atoms with van der Waals surface area (Å²) in [6.45, 7) is 0.153. The SMILES string of the molecule is CN(C(=O)OCC1c2ccccc2-c2ccccc21)[C@H](Cc1cscn1)C(=O)O. The van der Waals surface area contributed by atoms with Crippen LogP contribution in [-0.4, -0.2) is 46.7 Å². The number of carboxylic acids is 1. The summed E-state index contributed by atoms with van der Waals surface area (Å²) in [4.78, 5) is 29.6. The fraction of sp³-hybridized carbons (Fsp3) is 0.227. The molecule has 4 rings (SSSR count). The zero-order valence-electron chi connectivity index (χ0n) is 15.8. The number of hydrogen-bond donors (Lipinski definition) is 1. The van der Waals surface area contributed by atoms with Gasteiger partial charge in [0.05, 0.1) is 11.2 Å². The third kappa shape index (κ3) is 3.73. The van der Waals surface area contributed by atoms with Crippen LogP contribution in [0.5, 0.6) is 0 Å². The van der Waals surface area contributed by atoms with Gasteiger partial charge in [0.25, 0.3) is 0 Å². The Morgan fingerprint density at radius 2 is 1.76 bits per heavy atom. The number of amides is 1. The first-order valence-corrected chi connectivity index (χ1v) is 10.2. The van der Waals surface area contributed by atoms with Crippen molar-refractivity contribution in [3.8, 4) is 11.1 Å². The van der Waals surface area contributed by atoms with E-state index in [9.17, 15) is 14.7 Å². The number of likely N-dealkylation sites (N-methyl/N-ethyl adjacent to an activating group) is 1. The fourth-order valence-corrected chi connectivity index (χ4v) is 4.32. The molecule has 1 aromatic heterocycles. The molecule has 29 heavy (non-hydrogen) atoms. The molecule has 0 unspecified atom stereocenters. The van der Waals surface area contributed by atoms with Crippen molar-refractivity contribution in [3.63, 3.8) is 0 Å². The van der Waals surface area contributed by atoms with Crippen molar-refractivity contribution in [3.05, 3.63) is 76.2 Å². The zero-order valence-corrected chi connectivity index (χ0v) is 16.6.